The van der Waals surface area contributed by atoms with Gasteiger partial charge in [-0.3, -0.25) is 9.59 Å². The van der Waals surface area contributed by atoms with Crippen LogP contribution < -0.4 is 0 Å². The molecule has 0 fully saturated rings. The maximum absolute atomic E-state index is 11.7. The van der Waals surface area contributed by atoms with E-state index in [2.05, 4.69) is 6.58 Å². The first-order chi connectivity index (χ1) is 8.08. The van der Waals surface area contributed by atoms with Gasteiger partial charge in [0.2, 0.25) is 0 Å². The van der Waals surface area contributed by atoms with Crippen molar-refractivity contribution in [2.45, 2.75) is 25.2 Å². The fraction of sp³-hybridized carbons (Fsp3) is 0.286. The number of hydrogen-bond acceptors (Lipinski definition) is 3. The molecule has 90 valence electrons. The average molecular weight is 248 g/mol. The van der Waals surface area contributed by atoms with Crippen molar-refractivity contribution >= 4 is 22.7 Å². The molecule has 0 aliphatic carbocycles. The molecule has 0 aliphatic rings. The van der Waals surface area contributed by atoms with Gasteiger partial charge in [-0.05, 0) is 36.8 Å². The van der Waals surface area contributed by atoms with Gasteiger partial charge in [0.25, 0.3) is 0 Å². The minimum absolute atomic E-state index is 0.0643. The predicted octanol–water partition coefficient (Wildman–Crippen LogP) is 3.72. The largest absolute Gasteiger partial charge is 0.289 e. The molecule has 1 atom stereocenters. The van der Waals surface area contributed by atoms with Crippen LogP contribution in [0, 0.1) is 5.92 Å². The molecule has 3 heteroatoms. The fourth-order valence-electron chi connectivity index (χ4n) is 1.19. The van der Waals surface area contributed by atoms with E-state index in [9.17, 15) is 9.59 Å². The molecule has 0 amide bonds. The number of carbonyl (C=O) groups excluding carboxylic acids is 2. The zero-order valence-corrected chi connectivity index (χ0v) is 10.9. The molecule has 2 nitrogen and oxygen atoms in total. The maximum Gasteiger partial charge on any atom is 0.196 e. The third-order valence-corrected chi connectivity index (χ3v) is 3.67. The first kappa shape index (κ1) is 13.7. The van der Waals surface area contributed by atoms with Gasteiger partial charge in [0, 0.05) is 16.4 Å². The smallest absolute Gasteiger partial charge is 0.196 e. The molecule has 1 aromatic rings. The molecule has 0 N–H and O–H groups in total. The van der Waals surface area contributed by atoms with Crippen LogP contribution in [0.4, 0.5) is 0 Å². The maximum atomic E-state index is 11.7. The molecule has 0 saturated carbocycles. The highest BCUT2D eigenvalue weighted by molar-refractivity contribution is 8.13. The first-order valence-corrected chi connectivity index (χ1v) is 6.38. The van der Waals surface area contributed by atoms with E-state index in [1.807, 2.05) is 13.8 Å². The summed E-state index contributed by atoms with van der Waals surface area (Å²) in [7, 11) is 0. The predicted molar refractivity (Wildman–Crippen MR) is 71.3 cm³/mol. The molecule has 1 unspecified atom stereocenters. The van der Waals surface area contributed by atoms with E-state index < -0.39 is 0 Å². The highest BCUT2D eigenvalue weighted by Crippen LogP contribution is 2.24. The van der Waals surface area contributed by atoms with Crippen molar-refractivity contribution in [1.29, 1.82) is 0 Å². The number of benzene rings is 1. The molecule has 0 aliphatic heterocycles. The van der Waals surface area contributed by atoms with Crippen LogP contribution in [0.3, 0.4) is 0 Å². The summed E-state index contributed by atoms with van der Waals surface area (Å²) in [5, 5.41) is 0.162. The lowest BCUT2D eigenvalue weighted by atomic mass is 10.1. The highest BCUT2D eigenvalue weighted by atomic mass is 32.2. The molecule has 0 saturated heterocycles. The summed E-state index contributed by atoms with van der Waals surface area (Å²) in [5.41, 5.74) is 0.598. The zero-order valence-electron chi connectivity index (χ0n) is 10.1. The summed E-state index contributed by atoms with van der Waals surface area (Å²) < 4.78 is 0. The topological polar surface area (TPSA) is 34.1 Å². The zero-order chi connectivity index (χ0) is 12.8. The molecule has 0 heterocycles. The molecular formula is C14H16O2S. The van der Waals surface area contributed by atoms with E-state index in [-0.39, 0.29) is 16.8 Å². The summed E-state index contributed by atoms with van der Waals surface area (Å²) in [4.78, 5) is 23.9. The van der Waals surface area contributed by atoms with Crippen LogP contribution in [-0.4, -0.2) is 10.9 Å². The van der Waals surface area contributed by atoms with Gasteiger partial charge in [-0.25, -0.2) is 0 Å². The Morgan fingerprint density at radius 2 is 1.94 bits per heavy atom. The molecule has 0 bridgehead atoms. The first-order valence-electron chi connectivity index (χ1n) is 5.57. The number of rotatable bonds is 5. The van der Waals surface area contributed by atoms with Crippen LogP contribution in [0.25, 0.3) is 0 Å². The van der Waals surface area contributed by atoms with Gasteiger partial charge in [-0.15, -0.1) is 0 Å². The standard InChI is InChI=1S/C14H16O2S/c1-4-10(3)14(16)17-12-8-6-11(7-9-12)13(15)5-2/h5-10H,2,4H2,1,3H3. The number of thioether (sulfide) groups is 1. The Bertz CT molecular complexity index is 420. The second-order valence-corrected chi connectivity index (χ2v) is 4.90. The lowest BCUT2D eigenvalue weighted by Gasteiger charge is -2.06. The number of ketones is 1. The lowest BCUT2D eigenvalue weighted by Crippen LogP contribution is -2.04. The van der Waals surface area contributed by atoms with E-state index >= 15 is 0 Å². The van der Waals surface area contributed by atoms with Crippen molar-refractivity contribution in [2.75, 3.05) is 0 Å². The van der Waals surface area contributed by atoms with Crippen LogP contribution in [0.2, 0.25) is 0 Å². The van der Waals surface area contributed by atoms with Gasteiger partial charge in [0.15, 0.2) is 10.9 Å². The number of carbonyl (C=O) groups is 2. The van der Waals surface area contributed by atoms with Crippen molar-refractivity contribution < 1.29 is 9.59 Å². The van der Waals surface area contributed by atoms with Gasteiger partial charge >= 0.3 is 0 Å². The van der Waals surface area contributed by atoms with E-state index in [1.54, 1.807) is 24.3 Å². The monoisotopic (exact) mass is 248 g/mol. The van der Waals surface area contributed by atoms with E-state index in [4.69, 9.17) is 0 Å². The van der Waals surface area contributed by atoms with Gasteiger partial charge in [0.05, 0.1) is 0 Å². The molecule has 17 heavy (non-hydrogen) atoms. The lowest BCUT2D eigenvalue weighted by molar-refractivity contribution is -0.113. The normalized spacial score (nSPS) is 11.9. The minimum Gasteiger partial charge on any atom is -0.289 e. The summed E-state index contributed by atoms with van der Waals surface area (Å²) in [6.45, 7) is 7.35. The van der Waals surface area contributed by atoms with Gasteiger partial charge < -0.3 is 0 Å². The molecule has 0 aromatic heterocycles. The Hall–Kier alpha value is -1.35. The third-order valence-electron chi connectivity index (χ3n) is 2.56. The van der Waals surface area contributed by atoms with Crippen LogP contribution in [0.5, 0.6) is 0 Å². The van der Waals surface area contributed by atoms with Crippen LogP contribution >= 0.6 is 11.8 Å². The van der Waals surface area contributed by atoms with Gasteiger partial charge in [-0.2, -0.15) is 0 Å². The summed E-state index contributed by atoms with van der Waals surface area (Å²) in [6.07, 6.45) is 2.13. The average Bonchev–Trinajstić information content (AvgIpc) is 2.37. The number of hydrogen-bond donors (Lipinski definition) is 0. The van der Waals surface area contributed by atoms with Crippen molar-refractivity contribution in [3.8, 4) is 0 Å². The Balaban J connectivity index is 2.72. The Morgan fingerprint density at radius 1 is 1.35 bits per heavy atom. The summed E-state index contributed by atoms with van der Waals surface area (Å²) >= 11 is 1.23. The van der Waals surface area contributed by atoms with Crippen molar-refractivity contribution in [2.24, 2.45) is 5.92 Å². The van der Waals surface area contributed by atoms with E-state index in [0.717, 1.165) is 11.3 Å². The van der Waals surface area contributed by atoms with Gasteiger partial charge in [0.1, 0.15) is 0 Å². The molecule has 1 rings (SSSR count). The molecule has 0 radical (unpaired) electrons. The van der Waals surface area contributed by atoms with Crippen LogP contribution in [0.15, 0.2) is 41.8 Å². The molecule has 0 spiro atoms. The summed E-state index contributed by atoms with van der Waals surface area (Å²) in [5.74, 6) is -0.0377. The highest BCUT2D eigenvalue weighted by Gasteiger charge is 2.12. The molecule has 1 aromatic carbocycles. The van der Waals surface area contributed by atoms with Crippen LogP contribution in [-0.2, 0) is 4.79 Å². The Kier molecular flexibility index (Phi) is 5.16. The Morgan fingerprint density at radius 3 is 2.41 bits per heavy atom. The second-order valence-electron chi connectivity index (χ2n) is 3.82. The summed E-state index contributed by atoms with van der Waals surface area (Å²) in [6, 6.07) is 7.02. The van der Waals surface area contributed by atoms with E-state index in [1.165, 1.54) is 17.8 Å². The quantitative estimate of drug-likeness (QED) is 0.452. The van der Waals surface area contributed by atoms with E-state index in [0.29, 0.717) is 5.56 Å². The van der Waals surface area contributed by atoms with Gasteiger partial charge in [-0.1, -0.05) is 32.2 Å². The van der Waals surface area contributed by atoms with Crippen molar-refractivity contribution in [1.82, 2.24) is 0 Å². The van der Waals surface area contributed by atoms with Crippen molar-refractivity contribution in [3.05, 3.63) is 42.5 Å². The third kappa shape index (κ3) is 3.86. The fourth-order valence-corrected chi connectivity index (χ4v) is 2.06. The SMILES string of the molecule is C=CC(=O)c1ccc(SC(=O)C(C)CC)cc1. The minimum atomic E-state index is -0.102. The van der Waals surface area contributed by atoms with Crippen molar-refractivity contribution in [3.63, 3.8) is 0 Å². The van der Waals surface area contributed by atoms with Crippen LogP contribution in [0.1, 0.15) is 30.6 Å². The molecular weight excluding hydrogens is 232 g/mol. The second kappa shape index (κ2) is 6.40. The Labute approximate surface area is 106 Å². The number of allylic oxidation sites excluding steroid dienone is 1.